The molecule has 1 amide bonds. The number of halogens is 3. The third-order valence-corrected chi connectivity index (χ3v) is 3.50. The number of amides is 1. The molecule has 0 unspecified atom stereocenters. The molecule has 2 N–H and O–H groups in total. The van der Waals surface area contributed by atoms with Crippen molar-refractivity contribution < 1.29 is 18.0 Å². The molecular weight excluding hydrogens is 345 g/mol. The van der Waals surface area contributed by atoms with Crippen LogP contribution in [-0.2, 0) is 6.54 Å². The predicted molar refractivity (Wildman–Crippen MR) is 89.2 cm³/mol. The fourth-order valence-corrected chi connectivity index (χ4v) is 2.16. The molecule has 0 aliphatic rings. The molecule has 1 aromatic heterocycles. The first-order valence-corrected chi connectivity index (χ1v) is 7.59. The summed E-state index contributed by atoms with van der Waals surface area (Å²) in [5.41, 5.74) is -0.0402. The number of nitrogens with zero attached hydrogens (tertiary/aromatic N) is 2. The van der Waals surface area contributed by atoms with Gasteiger partial charge in [-0.25, -0.2) is 23.1 Å². The highest BCUT2D eigenvalue weighted by Gasteiger charge is 2.12. The third-order valence-electron chi connectivity index (χ3n) is 3.50. The summed E-state index contributed by atoms with van der Waals surface area (Å²) in [5.74, 6) is -2.47. The van der Waals surface area contributed by atoms with E-state index in [1.54, 1.807) is 18.2 Å². The average molecular weight is 358 g/mol. The minimum atomic E-state index is -0.779. The van der Waals surface area contributed by atoms with Crippen LogP contribution in [0.5, 0.6) is 0 Å². The van der Waals surface area contributed by atoms with Gasteiger partial charge in [0.15, 0.2) is 0 Å². The molecule has 0 spiro atoms. The Kier molecular flexibility index (Phi) is 5.12. The second kappa shape index (κ2) is 7.64. The van der Waals surface area contributed by atoms with Gasteiger partial charge in [-0.1, -0.05) is 24.3 Å². The number of hydrogen-bond donors (Lipinski definition) is 2. The molecule has 0 atom stereocenters. The summed E-state index contributed by atoms with van der Waals surface area (Å²) in [6.45, 7) is -0.00632. The summed E-state index contributed by atoms with van der Waals surface area (Å²) >= 11 is 0. The van der Waals surface area contributed by atoms with E-state index in [-0.39, 0.29) is 23.7 Å². The number of hydrogen-bond acceptors (Lipinski definition) is 4. The SMILES string of the molecule is O=C(NCc1ccccc1F)c1cnc(Nc2c(F)cccc2F)cn1. The van der Waals surface area contributed by atoms with E-state index in [0.717, 1.165) is 18.3 Å². The summed E-state index contributed by atoms with van der Waals surface area (Å²) in [6.07, 6.45) is 2.32. The van der Waals surface area contributed by atoms with E-state index in [0.29, 0.717) is 5.56 Å². The van der Waals surface area contributed by atoms with Crippen LogP contribution >= 0.6 is 0 Å². The van der Waals surface area contributed by atoms with Crippen molar-refractivity contribution in [3.63, 3.8) is 0 Å². The van der Waals surface area contributed by atoms with Crippen LogP contribution in [0.25, 0.3) is 0 Å². The zero-order chi connectivity index (χ0) is 18.5. The molecule has 0 saturated heterocycles. The van der Waals surface area contributed by atoms with Crippen molar-refractivity contribution in [1.29, 1.82) is 0 Å². The second-order valence-electron chi connectivity index (χ2n) is 5.28. The van der Waals surface area contributed by atoms with E-state index in [1.807, 2.05) is 0 Å². The molecule has 3 aromatic rings. The molecule has 0 saturated carbocycles. The molecule has 132 valence electrons. The normalized spacial score (nSPS) is 10.4. The topological polar surface area (TPSA) is 66.9 Å². The Morgan fingerprint density at radius 3 is 2.23 bits per heavy atom. The molecule has 1 heterocycles. The molecule has 0 bridgehead atoms. The van der Waals surface area contributed by atoms with Gasteiger partial charge < -0.3 is 10.6 Å². The van der Waals surface area contributed by atoms with Crippen LogP contribution in [0, 0.1) is 17.5 Å². The van der Waals surface area contributed by atoms with Gasteiger partial charge in [-0.05, 0) is 18.2 Å². The van der Waals surface area contributed by atoms with Gasteiger partial charge in [0.2, 0.25) is 0 Å². The van der Waals surface area contributed by atoms with Crippen LogP contribution < -0.4 is 10.6 Å². The van der Waals surface area contributed by atoms with Crippen molar-refractivity contribution in [2.75, 3.05) is 5.32 Å². The van der Waals surface area contributed by atoms with Gasteiger partial charge in [-0.15, -0.1) is 0 Å². The van der Waals surface area contributed by atoms with Crippen LogP contribution in [0.2, 0.25) is 0 Å². The highest BCUT2D eigenvalue weighted by Crippen LogP contribution is 2.21. The maximum atomic E-state index is 13.6. The van der Waals surface area contributed by atoms with Crippen LogP contribution in [-0.4, -0.2) is 15.9 Å². The Bertz CT molecular complexity index is 912. The molecule has 2 aromatic carbocycles. The van der Waals surface area contributed by atoms with Gasteiger partial charge >= 0.3 is 0 Å². The maximum Gasteiger partial charge on any atom is 0.271 e. The summed E-state index contributed by atoms with van der Waals surface area (Å²) in [5, 5.41) is 4.99. The Balaban J connectivity index is 1.65. The quantitative estimate of drug-likeness (QED) is 0.732. The van der Waals surface area contributed by atoms with E-state index in [9.17, 15) is 18.0 Å². The Morgan fingerprint density at radius 2 is 1.58 bits per heavy atom. The first-order chi connectivity index (χ1) is 12.5. The molecule has 0 radical (unpaired) electrons. The van der Waals surface area contributed by atoms with Gasteiger partial charge in [-0.2, -0.15) is 0 Å². The van der Waals surface area contributed by atoms with Crippen molar-refractivity contribution >= 4 is 17.4 Å². The molecule has 8 heteroatoms. The van der Waals surface area contributed by atoms with Crippen LogP contribution in [0.1, 0.15) is 16.1 Å². The smallest absolute Gasteiger partial charge is 0.271 e. The standard InChI is InChI=1S/C18H13F3N4O/c19-12-5-2-1-4-11(12)8-24-18(26)15-9-23-16(10-22-15)25-17-13(20)6-3-7-14(17)21/h1-7,9-10H,8H2,(H,23,25)(H,24,26). The van der Waals surface area contributed by atoms with E-state index >= 15 is 0 Å². The number of nitrogens with one attached hydrogen (secondary N) is 2. The Morgan fingerprint density at radius 1 is 0.885 bits per heavy atom. The first kappa shape index (κ1) is 17.4. The van der Waals surface area contributed by atoms with Crippen LogP contribution in [0.15, 0.2) is 54.9 Å². The molecular formula is C18H13F3N4O. The zero-order valence-electron chi connectivity index (χ0n) is 13.3. The predicted octanol–water partition coefficient (Wildman–Crippen LogP) is 3.57. The summed E-state index contributed by atoms with van der Waals surface area (Å²) in [6, 6.07) is 9.50. The van der Waals surface area contributed by atoms with Gasteiger partial charge in [0.1, 0.15) is 34.7 Å². The number of para-hydroxylation sites is 1. The molecule has 3 rings (SSSR count). The fraction of sp³-hybridized carbons (Fsp3) is 0.0556. The van der Waals surface area contributed by atoms with Crippen molar-refractivity contribution in [3.05, 3.63) is 83.6 Å². The summed E-state index contributed by atoms with van der Waals surface area (Å²) in [7, 11) is 0. The zero-order valence-corrected chi connectivity index (χ0v) is 13.3. The molecule has 26 heavy (non-hydrogen) atoms. The lowest BCUT2D eigenvalue weighted by molar-refractivity contribution is 0.0945. The van der Waals surface area contributed by atoms with E-state index in [4.69, 9.17) is 0 Å². The first-order valence-electron chi connectivity index (χ1n) is 7.59. The maximum absolute atomic E-state index is 13.6. The molecule has 0 fully saturated rings. The van der Waals surface area contributed by atoms with Gasteiger partial charge in [0.25, 0.3) is 5.91 Å². The highest BCUT2D eigenvalue weighted by atomic mass is 19.1. The molecule has 0 aliphatic heterocycles. The number of aromatic nitrogens is 2. The second-order valence-corrected chi connectivity index (χ2v) is 5.28. The lowest BCUT2D eigenvalue weighted by Gasteiger charge is -2.08. The number of carbonyl (C=O) groups excluding carboxylic acids is 1. The number of anilines is 2. The van der Waals surface area contributed by atoms with Gasteiger partial charge in [0.05, 0.1) is 12.4 Å². The minimum Gasteiger partial charge on any atom is -0.346 e. The number of carbonyl (C=O) groups is 1. The van der Waals surface area contributed by atoms with Crippen molar-refractivity contribution in [2.45, 2.75) is 6.54 Å². The van der Waals surface area contributed by atoms with E-state index < -0.39 is 23.4 Å². The number of rotatable bonds is 5. The lowest BCUT2D eigenvalue weighted by Crippen LogP contribution is -2.24. The Labute approximate surface area is 146 Å². The van der Waals surface area contributed by atoms with Gasteiger partial charge in [0, 0.05) is 12.1 Å². The van der Waals surface area contributed by atoms with Crippen molar-refractivity contribution in [3.8, 4) is 0 Å². The fourth-order valence-electron chi connectivity index (χ4n) is 2.16. The largest absolute Gasteiger partial charge is 0.346 e. The number of benzene rings is 2. The Hall–Kier alpha value is -3.42. The lowest BCUT2D eigenvalue weighted by atomic mass is 10.2. The summed E-state index contributed by atoms with van der Waals surface area (Å²) in [4.78, 5) is 19.8. The molecule has 5 nitrogen and oxygen atoms in total. The van der Waals surface area contributed by atoms with Crippen LogP contribution in [0.4, 0.5) is 24.7 Å². The molecule has 0 aliphatic carbocycles. The average Bonchev–Trinajstić information content (AvgIpc) is 2.64. The van der Waals surface area contributed by atoms with E-state index in [1.165, 1.54) is 18.3 Å². The monoisotopic (exact) mass is 358 g/mol. The summed E-state index contributed by atoms with van der Waals surface area (Å²) < 4.78 is 40.7. The minimum absolute atomic E-state index is 0.00632. The van der Waals surface area contributed by atoms with E-state index in [2.05, 4.69) is 20.6 Å². The van der Waals surface area contributed by atoms with Gasteiger partial charge in [-0.3, -0.25) is 4.79 Å². The van der Waals surface area contributed by atoms with Crippen LogP contribution in [0.3, 0.4) is 0 Å². The highest BCUT2D eigenvalue weighted by molar-refractivity contribution is 5.92. The van der Waals surface area contributed by atoms with Crippen molar-refractivity contribution in [1.82, 2.24) is 15.3 Å². The third kappa shape index (κ3) is 3.97. The van der Waals surface area contributed by atoms with Crippen molar-refractivity contribution in [2.24, 2.45) is 0 Å².